The molecule has 0 aliphatic heterocycles. The topological polar surface area (TPSA) is 58.2 Å². The van der Waals surface area contributed by atoms with Crippen molar-refractivity contribution in [3.63, 3.8) is 0 Å². The van der Waals surface area contributed by atoms with Gasteiger partial charge in [-0.25, -0.2) is 13.1 Å². The highest BCUT2D eigenvalue weighted by atomic mass is 32.2. The zero-order valence-corrected chi connectivity index (χ0v) is 13.4. The van der Waals surface area contributed by atoms with Gasteiger partial charge in [0.05, 0.1) is 6.26 Å². The Labute approximate surface area is 117 Å². The third-order valence-corrected chi connectivity index (χ3v) is 6.63. The zero-order chi connectivity index (χ0) is 14.3. The molecule has 2 N–H and O–H groups in total. The molecule has 0 amide bonds. The lowest BCUT2D eigenvalue weighted by atomic mass is 9.69. The molecule has 2 fully saturated rings. The number of nitrogens with one attached hydrogen (secondary N) is 2. The molecule has 0 saturated heterocycles. The fourth-order valence-electron chi connectivity index (χ4n) is 4.13. The molecule has 2 saturated carbocycles. The maximum absolute atomic E-state index is 11.0. The van der Waals surface area contributed by atoms with E-state index in [1.54, 1.807) is 0 Å². The minimum absolute atomic E-state index is 0.405. The van der Waals surface area contributed by atoms with E-state index in [0.29, 0.717) is 23.4 Å². The van der Waals surface area contributed by atoms with E-state index in [-0.39, 0.29) is 0 Å². The predicted molar refractivity (Wildman–Crippen MR) is 78.5 cm³/mol. The standard InChI is InChI=1S/C14H28N2O2S/c1-13(2)11-6-7-14(13,3)12(10-11)15-8-5-9-16-19(4,17)18/h11-12,15-16H,5-10H2,1-4H3/t11-,12-,14+/m0/s1. The van der Waals surface area contributed by atoms with Gasteiger partial charge in [-0.05, 0) is 49.0 Å². The first kappa shape index (κ1) is 15.3. The first-order valence-corrected chi connectivity index (χ1v) is 9.24. The number of rotatable bonds is 6. The van der Waals surface area contributed by atoms with E-state index in [2.05, 4.69) is 30.8 Å². The molecule has 2 aliphatic carbocycles. The van der Waals surface area contributed by atoms with Crippen molar-refractivity contribution in [1.82, 2.24) is 10.0 Å². The highest BCUT2D eigenvalue weighted by molar-refractivity contribution is 7.88. The van der Waals surface area contributed by atoms with Crippen LogP contribution in [0, 0.1) is 16.7 Å². The van der Waals surface area contributed by atoms with Gasteiger partial charge in [0.2, 0.25) is 10.0 Å². The maximum Gasteiger partial charge on any atom is 0.208 e. The number of hydrogen-bond acceptors (Lipinski definition) is 3. The summed E-state index contributed by atoms with van der Waals surface area (Å²) in [5.41, 5.74) is 0.845. The lowest BCUT2D eigenvalue weighted by molar-refractivity contribution is 0.121. The number of hydrogen-bond donors (Lipinski definition) is 2. The Morgan fingerprint density at radius 1 is 1.21 bits per heavy atom. The van der Waals surface area contributed by atoms with Gasteiger partial charge in [0.1, 0.15) is 0 Å². The number of sulfonamides is 1. The molecular formula is C14H28N2O2S. The van der Waals surface area contributed by atoms with Crippen LogP contribution in [0.1, 0.15) is 46.5 Å². The molecule has 112 valence electrons. The molecule has 4 nitrogen and oxygen atoms in total. The van der Waals surface area contributed by atoms with Crippen molar-refractivity contribution >= 4 is 10.0 Å². The molecule has 0 radical (unpaired) electrons. The van der Waals surface area contributed by atoms with E-state index < -0.39 is 10.0 Å². The second-order valence-electron chi connectivity index (χ2n) is 7.14. The van der Waals surface area contributed by atoms with Crippen LogP contribution in [0.5, 0.6) is 0 Å². The molecule has 2 aliphatic rings. The van der Waals surface area contributed by atoms with Crippen LogP contribution in [-0.2, 0) is 10.0 Å². The first-order valence-electron chi connectivity index (χ1n) is 7.35. The van der Waals surface area contributed by atoms with E-state index in [1.165, 1.54) is 25.5 Å². The summed E-state index contributed by atoms with van der Waals surface area (Å²) in [7, 11) is -3.04. The normalized spacial score (nSPS) is 36.8. The average molecular weight is 288 g/mol. The van der Waals surface area contributed by atoms with E-state index in [0.717, 1.165) is 18.9 Å². The van der Waals surface area contributed by atoms with Gasteiger partial charge in [0.15, 0.2) is 0 Å². The summed E-state index contributed by atoms with van der Waals surface area (Å²) < 4.78 is 24.5. The number of fused-ring (bicyclic) bond motifs is 2. The minimum atomic E-state index is -3.04. The summed E-state index contributed by atoms with van der Waals surface area (Å²) in [6.07, 6.45) is 6.04. The zero-order valence-electron chi connectivity index (χ0n) is 12.6. The summed E-state index contributed by atoms with van der Waals surface area (Å²) in [5.74, 6) is 0.851. The van der Waals surface area contributed by atoms with E-state index >= 15 is 0 Å². The van der Waals surface area contributed by atoms with E-state index in [9.17, 15) is 8.42 Å². The van der Waals surface area contributed by atoms with Crippen molar-refractivity contribution in [3.8, 4) is 0 Å². The lowest BCUT2D eigenvalue weighted by Gasteiger charge is -2.39. The Morgan fingerprint density at radius 2 is 1.89 bits per heavy atom. The Kier molecular flexibility index (Phi) is 4.02. The largest absolute Gasteiger partial charge is 0.313 e. The van der Waals surface area contributed by atoms with Crippen molar-refractivity contribution < 1.29 is 8.42 Å². The van der Waals surface area contributed by atoms with Crippen LogP contribution in [-0.4, -0.2) is 33.8 Å². The molecule has 2 bridgehead atoms. The van der Waals surface area contributed by atoms with Gasteiger partial charge in [-0.15, -0.1) is 0 Å². The van der Waals surface area contributed by atoms with E-state index in [1.807, 2.05) is 0 Å². The summed E-state index contributed by atoms with van der Waals surface area (Å²) in [4.78, 5) is 0. The van der Waals surface area contributed by atoms with Gasteiger partial charge in [0.25, 0.3) is 0 Å². The van der Waals surface area contributed by atoms with Gasteiger partial charge in [-0.2, -0.15) is 0 Å². The molecule has 0 aromatic heterocycles. The summed E-state index contributed by atoms with van der Waals surface area (Å²) in [6.45, 7) is 8.68. The average Bonchev–Trinajstić information content (AvgIpc) is 2.59. The summed E-state index contributed by atoms with van der Waals surface area (Å²) in [6, 6.07) is 0.597. The van der Waals surface area contributed by atoms with Gasteiger partial charge in [-0.1, -0.05) is 20.8 Å². The highest BCUT2D eigenvalue weighted by Crippen LogP contribution is 2.65. The second-order valence-corrected chi connectivity index (χ2v) is 8.97. The Bertz CT molecular complexity index is 433. The second kappa shape index (κ2) is 5.01. The van der Waals surface area contributed by atoms with Crippen molar-refractivity contribution in [2.24, 2.45) is 16.7 Å². The van der Waals surface area contributed by atoms with Crippen molar-refractivity contribution in [1.29, 1.82) is 0 Å². The van der Waals surface area contributed by atoms with Crippen LogP contribution in [0.4, 0.5) is 0 Å². The smallest absolute Gasteiger partial charge is 0.208 e. The third kappa shape index (κ3) is 2.83. The van der Waals surface area contributed by atoms with Crippen LogP contribution >= 0.6 is 0 Å². The third-order valence-electron chi connectivity index (χ3n) is 5.90. The van der Waals surface area contributed by atoms with Crippen LogP contribution in [0.3, 0.4) is 0 Å². The molecule has 0 aromatic carbocycles. The van der Waals surface area contributed by atoms with Gasteiger partial charge >= 0.3 is 0 Å². The summed E-state index contributed by atoms with van der Waals surface area (Å²) >= 11 is 0. The van der Waals surface area contributed by atoms with Gasteiger partial charge < -0.3 is 5.32 Å². The van der Waals surface area contributed by atoms with Crippen LogP contribution in [0.2, 0.25) is 0 Å². The molecule has 5 heteroatoms. The Balaban J connectivity index is 1.77. The minimum Gasteiger partial charge on any atom is -0.313 e. The molecule has 0 spiro atoms. The van der Waals surface area contributed by atoms with E-state index in [4.69, 9.17) is 0 Å². The molecule has 0 aromatic rings. The van der Waals surface area contributed by atoms with Gasteiger partial charge in [-0.3, -0.25) is 0 Å². The molecule has 0 unspecified atom stereocenters. The molecule has 0 heterocycles. The fourth-order valence-corrected chi connectivity index (χ4v) is 4.65. The molecule has 19 heavy (non-hydrogen) atoms. The first-order chi connectivity index (χ1) is 8.67. The highest BCUT2D eigenvalue weighted by Gasteiger charge is 2.60. The molecule has 2 rings (SSSR count). The maximum atomic E-state index is 11.0. The quantitative estimate of drug-likeness (QED) is 0.732. The monoisotopic (exact) mass is 288 g/mol. The Hall–Kier alpha value is -0.130. The van der Waals surface area contributed by atoms with Crippen LogP contribution < -0.4 is 10.0 Å². The van der Waals surface area contributed by atoms with Crippen molar-refractivity contribution in [2.75, 3.05) is 19.3 Å². The van der Waals surface area contributed by atoms with Gasteiger partial charge in [0, 0.05) is 12.6 Å². The molecule has 3 atom stereocenters. The Morgan fingerprint density at radius 3 is 2.37 bits per heavy atom. The van der Waals surface area contributed by atoms with Crippen LogP contribution in [0.25, 0.3) is 0 Å². The fraction of sp³-hybridized carbons (Fsp3) is 1.00. The molecular weight excluding hydrogens is 260 g/mol. The predicted octanol–water partition coefficient (Wildman–Crippen LogP) is 1.73. The lowest BCUT2D eigenvalue weighted by Crippen LogP contribution is -2.45. The SMILES string of the molecule is CC1(C)[C@H]2CC[C@]1(C)[C@@H](NCCCNS(C)(=O)=O)C2. The van der Waals surface area contributed by atoms with Crippen molar-refractivity contribution in [2.45, 2.75) is 52.5 Å². The van der Waals surface area contributed by atoms with Crippen LogP contribution in [0.15, 0.2) is 0 Å². The van der Waals surface area contributed by atoms with Crippen molar-refractivity contribution in [3.05, 3.63) is 0 Å². The summed E-state index contributed by atoms with van der Waals surface area (Å²) in [5, 5.41) is 3.66.